The number of nitrogens with one attached hydrogen (secondary N) is 1. The highest BCUT2D eigenvalue weighted by atomic mass is 16.5. The van der Waals surface area contributed by atoms with Gasteiger partial charge in [-0.2, -0.15) is 0 Å². The molecule has 25 heavy (non-hydrogen) atoms. The highest BCUT2D eigenvalue weighted by Gasteiger charge is 2.15. The van der Waals surface area contributed by atoms with E-state index >= 15 is 0 Å². The standard InChI is InChI=1S/C20H26N2O3/c1-16(20(23)21-9-4-10-22-11-13-24-14-12-22)25-19-8-7-17-5-2-3-6-18(17)15-19/h2-3,5-8,15-16H,4,9-14H2,1H3,(H,21,23)/t16-/m0/s1. The second kappa shape index (κ2) is 8.83. The van der Waals surface area contributed by atoms with Crippen LogP contribution in [0.25, 0.3) is 10.8 Å². The van der Waals surface area contributed by atoms with Crippen LogP contribution in [0, 0.1) is 0 Å². The zero-order valence-corrected chi connectivity index (χ0v) is 14.7. The number of fused-ring (bicyclic) bond motifs is 1. The lowest BCUT2D eigenvalue weighted by molar-refractivity contribution is -0.127. The normalized spacial score (nSPS) is 16.5. The van der Waals surface area contributed by atoms with E-state index in [0.29, 0.717) is 6.54 Å². The molecule has 1 aliphatic rings. The van der Waals surface area contributed by atoms with Gasteiger partial charge in [-0.1, -0.05) is 30.3 Å². The summed E-state index contributed by atoms with van der Waals surface area (Å²) in [5.74, 6) is 0.643. The molecule has 1 saturated heterocycles. The monoisotopic (exact) mass is 342 g/mol. The molecule has 1 aliphatic heterocycles. The third-order valence-corrected chi connectivity index (χ3v) is 4.46. The van der Waals surface area contributed by atoms with Gasteiger partial charge in [0, 0.05) is 19.6 Å². The number of rotatable bonds is 7. The fourth-order valence-corrected chi connectivity index (χ4v) is 2.98. The van der Waals surface area contributed by atoms with E-state index < -0.39 is 6.10 Å². The van der Waals surface area contributed by atoms with Gasteiger partial charge in [-0.05, 0) is 42.8 Å². The van der Waals surface area contributed by atoms with Crippen LogP contribution in [-0.2, 0) is 9.53 Å². The molecule has 0 radical (unpaired) electrons. The summed E-state index contributed by atoms with van der Waals surface area (Å²) in [4.78, 5) is 14.6. The lowest BCUT2D eigenvalue weighted by Crippen LogP contribution is -2.40. The van der Waals surface area contributed by atoms with Gasteiger partial charge in [0.05, 0.1) is 13.2 Å². The highest BCUT2D eigenvalue weighted by molar-refractivity contribution is 5.84. The van der Waals surface area contributed by atoms with E-state index in [9.17, 15) is 4.79 Å². The number of hydrogen-bond donors (Lipinski definition) is 1. The number of carbonyl (C=O) groups is 1. The van der Waals surface area contributed by atoms with Crippen LogP contribution in [0.15, 0.2) is 42.5 Å². The maximum absolute atomic E-state index is 12.2. The Morgan fingerprint density at radius 2 is 1.96 bits per heavy atom. The largest absolute Gasteiger partial charge is 0.481 e. The third kappa shape index (κ3) is 5.18. The molecule has 1 heterocycles. The summed E-state index contributed by atoms with van der Waals surface area (Å²) in [6, 6.07) is 14.0. The molecule has 1 amide bonds. The Hall–Kier alpha value is -2.11. The summed E-state index contributed by atoms with van der Waals surface area (Å²) in [7, 11) is 0. The lowest BCUT2D eigenvalue weighted by Gasteiger charge is -2.26. The molecule has 1 fully saturated rings. The van der Waals surface area contributed by atoms with Crippen LogP contribution in [0.3, 0.4) is 0 Å². The molecule has 0 saturated carbocycles. The zero-order chi connectivity index (χ0) is 17.5. The Kier molecular flexibility index (Phi) is 6.25. The average molecular weight is 342 g/mol. The summed E-state index contributed by atoms with van der Waals surface area (Å²) in [5, 5.41) is 5.23. The molecule has 0 bridgehead atoms. The van der Waals surface area contributed by atoms with Crippen molar-refractivity contribution in [3.63, 3.8) is 0 Å². The van der Waals surface area contributed by atoms with Crippen molar-refractivity contribution in [3.8, 4) is 5.75 Å². The Balaban J connectivity index is 1.42. The summed E-state index contributed by atoms with van der Waals surface area (Å²) in [6.07, 6.45) is 0.429. The molecule has 2 aromatic rings. The zero-order valence-electron chi connectivity index (χ0n) is 14.7. The molecular formula is C20H26N2O3. The van der Waals surface area contributed by atoms with Crippen LogP contribution in [0.2, 0.25) is 0 Å². The number of hydrogen-bond acceptors (Lipinski definition) is 4. The van der Waals surface area contributed by atoms with Crippen LogP contribution < -0.4 is 10.1 Å². The van der Waals surface area contributed by atoms with Crippen molar-refractivity contribution < 1.29 is 14.3 Å². The fourth-order valence-electron chi connectivity index (χ4n) is 2.98. The third-order valence-electron chi connectivity index (χ3n) is 4.46. The van der Waals surface area contributed by atoms with Gasteiger partial charge in [0.15, 0.2) is 6.10 Å². The first-order valence-electron chi connectivity index (χ1n) is 8.95. The van der Waals surface area contributed by atoms with Gasteiger partial charge in [-0.25, -0.2) is 0 Å². The van der Waals surface area contributed by atoms with Crippen LogP contribution in [-0.4, -0.2) is 56.3 Å². The van der Waals surface area contributed by atoms with Crippen molar-refractivity contribution >= 4 is 16.7 Å². The molecule has 0 unspecified atom stereocenters. The van der Waals surface area contributed by atoms with Crippen molar-refractivity contribution in [2.24, 2.45) is 0 Å². The molecule has 0 spiro atoms. The quantitative estimate of drug-likeness (QED) is 0.785. The number of benzene rings is 2. The van der Waals surface area contributed by atoms with Gasteiger partial charge < -0.3 is 14.8 Å². The molecule has 1 N–H and O–H groups in total. The summed E-state index contributed by atoms with van der Waals surface area (Å²) in [6.45, 7) is 7.02. The topological polar surface area (TPSA) is 50.8 Å². The number of carbonyl (C=O) groups excluding carboxylic acids is 1. The molecule has 3 rings (SSSR count). The predicted octanol–water partition coefficient (Wildman–Crippen LogP) is 2.45. The molecule has 5 heteroatoms. The lowest BCUT2D eigenvalue weighted by atomic mass is 10.1. The maximum atomic E-state index is 12.2. The van der Waals surface area contributed by atoms with Crippen LogP contribution in [0.1, 0.15) is 13.3 Å². The number of amides is 1. The van der Waals surface area contributed by atoms with Crippen molar-refractivity contribution in [2.75, 3.05) is 39.4 Å². The Morgan fingerprint density at radius 3 is 2.76 bits per heavy atom. The minimum atomic E-state index is -0.510. The van der Waals surface area contributed by atoms with Crippen LogP contribution in [0.5, 0.6) is 5.75 Å². The smallest absolute Gasteiger partial charge is 0.260 e. The van der Waals surface area contributed by atoms with Crippen LogP contribution >= 0.6 is 0 Å². The SMILES string of the molecule is C[C@H](Oc1ccc2ccccc2c1)C(=O)NCCCN1CCOCC1. The van der Waals surface area contributed by atoms with E-state index in [1.807, 2.05) is 36.4 Å². The van der Waals surface area contributed by atoms with E-state index in [0.717, 1.165) is 55.8 Å². The molecular weight excluding hydrogens is 316 g/mol. The van der Waals surface area contributed by atoms with E-state index in [4.69, 9.17) is 9.47 Å². The minimum Gasteiger partial charge on any atom is -0.481 e. The molecule has 5 nitrogen and oxygen atoms in total. The number of nitrogens with zero attached hydrogens (tertiary/aromatic N) is 1. The molecule has 0 aliphatic carbocycles. The van der Waals surface area contributed by atoms with Gasteiger partial charge >= 0.3 is 0 Å². The van der Waals surface area contributed by atoms with Gasteiger partial charge in [0.2, 0.25) is 0 Å². The summed E-state index contributed by atoms with van der Waals surface area (Å²) in [5.41, 5.74) is 0. The first-order chi connectivity index (χ1) is 12.2. The van der Waals surface area contributed by atoms with Crippen LogP contribution in [0.4, 0.5) is 0 Å². The Bertz CT molecular complexity index is 698. The molecule has 1 atom stereocenters. The summed E-state index contributed by atoms with van der Waals surface area (Å²) >= 11 is 0. The van der Waals surface area contributed by atoms with Crippen molar-refractivity contribution in [3.05, 3.63) is 42.5 Å². The Labute approximate surface area is 148 Å². The van der Waals surface area contributed by atoms with Gasteiger partial charge in [0.1, 0.15) is 5.75 Å². The Morgan fingerprint density at radius 1 is 1.20 bits per heavy atom. The average Bonchev–Trinajstić information content (AvgIpc) is 2.65. The van der Waals surface area contributed by atoms with Gasteiger partial charge in [-0.3, -0.25) is 9.69 Å². The van der Waals surface area contributed by atoms with Gasteiger partial charge in [0.25, 0.3) is 5.91 Å². The molecule has 134 valence electrons. The number of morpholine rings is 1. The minimum absolute atomic E-state index is 0.0739. The van der Waals surface area contributed by atoms with E-state index in [1.165, 1.54) is 0 Å². The number of ether oxygens (including phenoxy) is 2. The first kappa shape index (κ1) is 17.7. The van der Waals surface area contributed by atoms with Crippen molar-refractivity contribution in [1.29, 1.82) is 0 Å². The molecule has 2 aromatic carbocycles. The van der Waals surface area contributed by atoms with E-state index in [2.05, 4.69) is 16.3 Å². The van der Waals surface area contributed by atoms with Crippen molar-refractivity contribution in [2.45, 2.75) is 19.4 Å². The van der Waals surface area contributed by atoms with E-state index in [-0.39, 0.29) is 5.91 Å². The summed E-state index contributed by atoms with van der Waals surface area (Å²) < 4.78 is 11.1. The van der Waals surface area contributed by atoms with Gasteiger partial charge in [-0.15, -0.1) is 0 Å². The molecule has 0 aromatic heterocycles. The predicted molar refractivity (Wildman–Crippen MR) is 98.9 cm³/mol. The van der Waals surface area contributed by atoms with Crippen molar-refractivity contribution in [1.82, 2.24) is 10.2 Å². The second-order valence-corrected chi connectivity index (χ2v) is 6.37. The fraction of sp³-hybridized carbons (Fsp3) is 0.450. The second-order valence-electron chi connectivity index (χ2n) is 6.37. The highest BCUT2D eigenvalue weighted by Crippen LogP contribution is 2.21. The maximum Gasteiger partial charge on any atom is 0.260 e. The first-order valence-corrected chi connectivity index (χ1v) is 8.95. The van der Waals surface area contributed by atoms with E-state index in [1.54, 1.807) is 6.92 Å².